The van der Waals surface area contributed by atoms with Gasteiger partial charge in [-0.1, -0.05) is 23.7 Å². The molecule has 2 aromatic rings. The van der Waals surface area contributed by atoms with Gasteiger partial charge in [0.2, 0.25) is 11.8 Å². The van der Waals surface area contributed by atoms with Crippen LogP contribution in [-0.4, -0.2) is 31.4 Å². The largest absolute Gasteiger partial charge is 0.372 e. The minimum absolute atomic E-state index is 0.0411. The number of carbonyl (C=O) groups excluding carboxylic acids is 2. The van der Waals surface area contributed by atoms with Gasteiger partial charge in [-0.15, -0.1) is 0 Å². The van der Waals surface area contributed by atoms with Crippen molar-refractivity contribution in [3.8, 4) is 0 Å². The Labute approximate surface area is 174 Å². The first-order valence-corrected chi connectivity index (χ1v) is 10.3. The zero-order valence-electron chi connectivity index (χ0n) is 16.0. The van der Waals surface area contributed by atoms with E-state index >= 15 is 0 Å². The number of rotatable bonds is 5. The molecule has 0 aliphatic carbocycles. The maximum Gasteiger partial charge on any atom is 0.227 e. The lowest BCUT2D eigenvalue weighted by Gasteiger charge is -2.18. The summed E-state index contributed by atoms with van der Waals surface area (Å²) in [7, 11) is 0. The lowest BCUT2D eigenvalue weighted by Crippen LogP contribution is -2.32. The minimum Gasteiger partial charge on any atom is -0.372 e. The molecule has 2 aromatic carbocycles. The van der Waals surface area contributed by atoms with Crippen LogP contribution in [0, 0.1) is 11.7 Å². The number of halogens is 2. The van der Waals surface area contributed by atoms with Gasteiger partial charge in [0.15, 0.2) is 0 Å². The summed E-state index contributed by atoms with van der Waals surface area (Å²) in [6.07, 6.45) is 2.60. The molecule has 5 nitrogen and oxygen atoms in total. The molecule has 4 rings (SSSR count). The zero-order chi connectivity index (χ0) is 20.4. The number of amides is 2. The van der Waals surface area contributed by atoms with Crippen molar-refractivity contribution in [3.63, 3.8) is 0 Å². The van der Waals surface area contributed by atoms with Crippen LogP contribution >= 0.6 is 11.6 Å². The highest BCUT2D eigenvalue weighted by molar-refractivity contribution is 6.31. The summed E-state index contributed by atoms with van der Waals surface area (Å²) in [5, 5.41) is 2.88. The highest BCUT2D eigenvalue weighted by Gasteiger charge is 2.35. The van der Waals surface area contributed by atoms with Crippen molar-refractivity contribution < 1.29 is 14.0 Å². The second-order valence-corrected chi connectivity index (χ2v) is 7.99. The van der Waals surface area contributed by atoms with Crippen LogP contribution in [0.25, 0.3) is 0 Å². The van der Waals surface area contributed by atoms with E-state index in [-0.39, 0.29) is 29.8 Å². The molecule has 0 aromatic heterocycles. The highest BCUT2D eigenvalue weighted by atomic mass is 35.5. The molecule has 0 unspecified atom stereocenters. The van der Waals surface area contributed by atoms with E-state index in [2.05, 4.69) is 22.3 Å². The third-order valence-electron chi connectivity index (χ3n) is 5.58. The first kappa shape index (κ1) is 19.7. The van der Waals surface area contributed by atoms with E-state index in [0.29, 0.717) is 12.2 Å². The van der Waals surface area contributed by atoms with E-state index in [1.165, 1.54) is 41.6 Å². The molecule has 29 heavy (non-hydrogen) atoms. The van der Waals surface area contributed by atoms with Gasteiger partial charge in [-0.05, 0) is 48.7 Å². The highest BCUT2D eigenvalue weighted by Crippen LogP contribution is 2.28. The third-order valence-corrected chi connectivity index (χ3v) is 5.87. The Balaban J connectivity index is 1.33. The number of hydrogen-bond donors (Lipinski definition) is 1. The van der Waals surface area contributed by atoms with Crippen molar-refractivity contribution in [1.82, 2.24) is 5.32 Å². The van der Waals surface area contributed by atoms with Gasteiger partial charge in [-0.3, -0.25) is 9.59 Å². The van der Waals surface area contributed by atoms with E-state index in [4.69, 9.17) is 11.6 Å². The molecule has 1 atom stereocenters. The van der Waals surface area contributed by atoms with Crippen LogP contribution in [0.5, 0.6) is 0 Å². The van der Waals surface area contributed by atoms with E-state index in [0.717, 1.165) is 18.7 Å². The molecule has 2 heterocycles. The summed E-state index contributed by atoms with van der Waals surface area (Å²) >= 11 is 5.81. The van der Waals surface area contributed by atoms with E-state index in [9.17, 15) is 14.0 Å². The maximum absolute atomic E-state index is 13.4. The fraction of sp³-hybridized carbons (Fsp3) is 0.364. The molecular formula is C22H23ClFN3O2. The first-order valence-electron chi connectivity index (χ1n) is 9.88. The van der Waals surface area contributed by atoms with Gasteiger partial charge < -0.3 is 15.1 Å². The Morgan fingerprint density at radius 2 is 1.79 bits per heavy atom. The Morgan fingerprint density at radius 3 is 2.48 bits per heavy atom. The normalized spacial score (nSPS) is 19.1. The molecule has 2 saturated heterocycles. The molecular weight excluding hydrogens is 393 g/mol. The zero-order valence-corrected chi connectivity index (χ0v) is 16.8. The molecule has 2 aliphatic heterocycles. The molecule has 0 saturated carbocycles. The number of nitrogens with one attached hydrogen (secondary N) is 1. The second-order valence-electron chi connectivity index (χ2n) is 7.58. The lowest BCUT2D eigenvalue weighted by molar-refractivity contribution is -0.126. The van der Waals surface area contributed by atoms with Gasteiger partial charge in [0.25, 0.3) is 0 Å². The molecule has 0 radical (unpaired) electrons. The standard InChI is InChI=1S/C22H23ClFN3O2/c23-19-12-18(7-8-20(19)24)27-14-16(11-21(27)28)22(29)25-13-15-3-5-17(6-4-15)26-9-1-2-10-26/h3-8,12,16H,1-2,9-11,13-14H2,(H,25,29)/t16-/m0/s1. The van der Waals surface area contributed by atoms with Crippen LogP contribution in [0.15, 0.2) is 42.5 Å². The molecule has 2 aliphatic rings. The first-order chi connectivity index (χ1) is 14.0. The Kier molecular flexibility index (Phi) is 5.72. The average molecular weight is 416 g/mol. The second kappa shape index (κ2) is 8.41. The summed E-state index contributed by atoms with van der Waals surface area (Å²) in [4.78, 5) is 28.7. The molecule has 0 spiro atoms. The molecule has 0 bridgehead atoms. The van der Waals surface area contributed by atoms with Crippen LogP contribution in [0.2, 0.25) is 5.02 Å². The summed E-state index contributed by atoms with van der Waals surface area (Å²) < 4.78 is 13.4. The SMILES string of the molecule is O=C(NCc1ccc(N2CCCC2)cc1)[C@H]1CC(=O)N(c2ccc(F)c(Cl)c2)C1. The van der Waals surface area contributed by atoms with Crippen molar-refractivity contribution >= 4 is 34.8 Å². The van der Waals surface area contributed by atoms with Crippen LogP contribution in [-0.2, 0) is 16.1 Å². The van der Waals surface area contributed by atoms with Gasteiger partial charge in [-0.2, -0.15) is 0 Å². The van der Waals surface area contributed by atoms with E-state index in [1.807, 2.05) is 12.1 Å². The van der Waals surface area contributed by atoms with Crippen LogP contribution in [0.4, 0.5) is 15.8 Å². The fourth-order valence-electron chi connectivity index (χ4n) is 3.92. The number of carbonyl (C=O) groups is 2. The van der Waals surface area contributed by atoms with Crippen molar-refractivity contribution in [2.24, 2.45) is 5.92 Å². The number of hydrogen-bond acceptors (Lipinski definition) is 3. The van der Waals surface area contributed by atoms with Gasteiger partial charge in [0.05, 0.1) is 10.9 Å². The monoisotopic (exact) mass is 415 g/mol. The van der Waals surface area contributed by atoms with Gasteiger partial charge in [0, 0.05) is 44.0 Å². The van der Waals surface area contributed by atoms with E-state index in [1.54, 1.807) is 0 Å². The predicted octanol–water partition coefficient (Wildman–Crippen LogP) is 3.75. The van der Waals surface area contributed by atoms with Crippen LogP contribution < -0.4 is 15.1 Å². The van der Waals surface area contributed by atoms with Crippen molar-refractivity contribution in [2.45, 2.75) is 25.8 Å². The Morgan fingerprint density at radius 1 is 1.10 bits per heavy atom. The van der Waals surface area contributed by atoms with Crippen LogP contribution in [0.1, 0.15) is 24.8 Å². The minimum atomic E-state index is -0.535. The quantitative estimate of drug-likeness (QED) is 0.809. The summed E-state index contributed by atoms with van der Waals surface area (Å²) in [5.41, 5.74) is 2.74. The topological polar surface area (TPSA) is 52.7 Å². The average Bonchev–Trinajstić information content (AvgIpc) is 3.39. The Bertz CT molecular complexity index is 913. The van der Waals surface area contributed by atoms with Crippen molar-refractivity contribution in [1.29, 1.82) is 0 Å². The predicted molar refractivity (Wildman–Crippen MR) is 112 cm³/mol. The van der Waals surface area contributed by atoms with Crippen molar-refractivity contribution in [2.75, 3.05) is 29.4 Å². The number of benzene rings is 2. The van der Waals surface area contributed by atoms with Gasteiger partial charge >= 0.3 is 0 Å². The fourth-order valence-corrected chi connectivity index (χ4v) is 4.09. The summed E-state index contributed by atoms with van der Waals surface area (Å²) in [6, 6.07) is 12.4. The van der Waals surface area contributed by atoms with E-state index < -0.39 is 11.7 Å². The van der Waals surface area contributed by atoms with Crippen LogP contribution in [0.3, 0.4) is 0 Å². The smallest absolute Gasteiger partial charge is 0.227 e. The summed E-state index contributed by atoms with van der Waals surface area (Å²) in [5.74, 6) is -1.29. The maximum atomic E-state index is 13.4. The van der Waals surface area contributed by atoms with Gasteiger partial charge in [0.1, 0.15) is 5.82 Å². The third kappa shape index (κ3) is 4.37. The lowest BCUT2D eigenvalue weighted by atomic mass is 10.1. The molecule has 2 fully saturated rings. The molecule has 7 heteroatoms. The molecule has 1 N–H and O–H groups in total. The number of nitrogens with zero attached hydrogens (tertiary/aromatic N) is 2. The molecule has 2 amide bonds. The molecule has 152 valence electrons. The number of anilines is 2. The summed E-state index contributed by atoms with van der Waals surface area (Å²) in [6.45, 7) is 2.88. The van der Waals surface area contributed by atoms with Crippen molar-refractivity contribution in [3.05, 3.63) is 58.9 Å². The Hall–Kier alpha value is -2.60. The van der Waals surface area contributed by atoms with Gasteiger partial charge in [-0.25, -0.2) is 4.39 Å².